The minimum absolute atomic E-state index is 0.0294. The highest BCUT2D eigenvalue weighted by Crippen LogP contribution is 2.38. The fourth-order valence-electron chi connectivity index (χ4n) is 6.95. The zero-order valence-electron chi connectivity index (χ0n) is 29.5. The molecule has 1 unspecified atom stereocenters. The predicted octanol–water partition coefficient (Wildman–Crippen LogP) is 8.09. The summed E-state index contributed by atoms with van der Waals surface area (Å²) in [6.45, 7) is -0.180. The summed E-state index contributed by atoms with van der Waals surface area (Å²) in [5, 5.41) is 15.2. The van der Waals surface area contributed by atoms with E-state index >= 15 is 0 Å². The van der Waals surface area contributed by atoms with Gasteiger partial charge in [0.15, 0.2) is 29.9 Å². The van der Waals surface area contributed by atoms with Crippen molar-refractivity contribution >= 4 is 40.8 Å². The lowest BCUT2D eigenvalue weighted by Crippen LogP contribution is -2.52. The van der Waals surface area contributed by atoms with E-state index in [1.165, 1.54) is 48.5 Å². The van der Waals surface area contributed by atoms with Crippen LogP contribution >= 0.6 is 23.2 Å². The fraction of sp³-hybridized carbons (Fsp3) is 0.375. The van der Waals surface area contributed by atoms with Crippen molar-refractivity contribution in [3.63, 3.8) is 0 Å². The molecular formula is C40H38Cl2F3N3O7. The number of hydrogen-bond donors (Lipinski definition) is 1. The summed E-state index contributed by atoms with van der Waals surface area (Å²) >= 11 is 12.8. The van der Waals surface area contributed by atoms with Gasteiger partial charge < -0.3 is 29.5 Å². The molecule has 0 spiro atoms. The number of rotatable bonds is 15. The summed E-state index contributed by atoms with van der Waals surface area (Å²) in [7, 11) is 0. The van der Waals surface area contributed by atoms with Crippen molar-refractivity contribution in [3.05, 3.63) is 122 Å². The first-order valence-electron chi connectivity index (χ1n) is 18.0. The molecule has 290 valence electrons. The molecule has 15 heteroatoms. The Morgan fingerprint density at radius 1 is 0.927 bits per heavy atom. The van der Waals surface area contributed by atoms with Crippen LogP contribution in [0.5, 0.6) is 11.5 Å². The van der Waals surface area contributed by atoms with Gasteiger partial charge in [0.2, 0.25) is 0 Å². The Morgan fingerprint density at radius 2 is 1.65 bits per heavy atom. The smallest absolute Gasteiger partial charge is 0.387 e. The van der Waals surface area contributed by atoms with Gasteiger partial charge >= 0.3 is 18.6 Å². The summed E-state index contributed by atoms with van der Waals surface area (Å²) in [5.41, 5.74) is 1.65. The maximum atomic E-state index is 14.3. The molecule has 10 nitrogen and oxygen atoms in total. The fourth-order valence-corrected chi connectivity index (χ4v) is 7.55. The number of nitrogens with zero attached hydrogens (tertiary/aromatic N) is 2. The molecule has 55 heavy (non-hydrogen) atoms. The van der Waals surface area contributed by atoms with Gasteiger partial charge in [0.1, 0.15) is 28.1 Å². The number of benzene rings is 3. The van der Waals surface area contributed by atoms with Crippen LogP contribution in [0.25, 0.3) is 0 Å². The molecule has 4 heterocycles. The second kappa shape index (κ2) is 17.0. The van der Waals surface area contributed by atoms with Gasteiger partial charge in [-0.25, -0.2) is 14.0 Å². The first-order chi connectivity index (χ1) is 26.5. The summed E-state index contributed by atoms with van der Waals surface area (Å²) in [6.07, 6.45) is 4.62. The third-order valence-electron chi connectivity index (χ3n) is 10.1. The van der Waals surface area contributed by atoms with Crippen LogP contribution < -0.4 is 19.5 Å². The van der Waals surface area contributed by atoms with Crippen LogP contribution in [0, 0.1) is 22.9 Å². The Hall–Kier alpha value is -4.72. The molecule has 4 aliphatic rings. The van der Waals surface area contributed by atoms with Gasteiger partial charge in [0.05, 0.1) is 12.2 Å². The van der Waals surface area contributed by atoms with E-state index in [1.807, 2.05) is 0 Å². The Kier molecular flexibility index (Phi) is 11.9. The first-order valence-corrected chi connectivity index (χ1v) is 18.8. The van der Waals surface area contributed by atoms with E-state index in [4.69, 9.17) is 37.4 Å². The van der Waals surface area contributed by atoms with E-state index < -0.39 is 36.5 Å². The Balaban J connectivity index is 1.11. The van der Waals surface area contributed by atoms with E-state index in [9.17, 15) is 28.0 Å². The molecule has 3 aromatic carbocycles. The van der Waals surface area contributed by atoms with Crippen LogP contribution in [-0.2, 0) is 20.7 Å². The monoisotopic (exact) mass is 799 g/mol. The van der Waals surface area contributed by atoms with Gasteiger partial charge in [-0.05, 0) is 110 Å². The van der Waals surface area contributed by atoms with Gasteiger partial charge in [0.25, 0.3) is 0 Å². The molecule has 4 fully saturated rings. The van der Waals surface area contributed by atoms with E-state index in [-0.39, 0.29) is 45.6 Å². The van der Waals surface area contributed by atoms with Crippen LogP contribution in [0.2, 0.25) is 10.0 Å². The molecule has 3 saturated heterocycles. The second-order valence-electron chi connectivity index (χ2n) is 14.1. The number of aromatic nitrogens is 1. The molecule has 1 aliphatic carbocycles. The standard InChI is InChI=1S/C40H38Cl2F3N3O7/c41-31-19-48(51)20-32(42)30(31)18-34(26-8-11-33(55-40(44)45)35(17-26)52-22-23-4-5-23)53-38(49)25-6-9-29(10-7-25)46-37(27-2-1-3-28(43)16-27)39(50)54-36-21-47-14-12-24(36)13-15-47/h1-3,6-11,16-17,19-20,23-24,34,36-37,40,46H,4-5,12-15,18,21-22H2/t34-,36-,37?/m0/s1. The molecule has 4 aromatic rings. The van der Waals surface area contributed by atoms with E-state index in [0.29, 0.717) is 46.2 Å². The summed E-state index contributed by atoms with van der Waals surface area (Å²) in [4.78, 5) is 29.6. The van der Waals surface area contributed by atoms with Crippen molar-refractivity contribution < 1.29 is 46.4 Å². The SMILES string of the molecule is O=C(O[C@@H](Cc1c(Cl)c[n+]([O-])cc1Cl)c1ccc(OC(F)F)c(OCC2CC2)c1)c1ccc(NC(C(=O)O[C@H]2CN3CCC2CC3)c2cccc(F)c2)cc1. The summed E-state index contributed by atoms with van der Waals surface area (Å²) in [5.74, 6) is -1.36. The quantitative estimate of drug-likeness (QED) is 0.0725. The van der Waals surface area contributed by atoms with Crippen molar-refractivity contribution in [2.24, 2.45) is 11.8 Å². The second-order valence-corrected chi connectivity index (χ2v) is 14.9. The lowest BCUT2D eigenvalue weighted by Gasteiger charge is -2.44. The Labute approximate surface area is 325 Å². The molecule has 3 aliphatic heterocycles. The van der Waals surface area contributed by atoms with Crippen molar-refractivity contribution in [2.75, 3.05) is 31.6 Å². The number of ether oxygens (including phenoxy) is 4. The van der Waals surface area contributed by atoms with Crippen molar-refractivity contribution in [1.29, 1.82) is 0 Å². The molecule has 8 rings (SSSR count). The highest BCUT2D eigenvalue weighted by Gasteiger charge is 2.38. The number of carbonyl (C=O) groups is 2. The molecule has 2 bridgehead atoms. The molecule has 1 N–H and O–H groups in total. The third-order valence-corrected chi connectivity index (χ3v) is 10.8. The molecular weight excluding hydrogens is 762 g/mol. The van der Waals surface area contributed by atoms with Crippen LogP contribution in [-0.4, -0.2) is 55.8 Å². The molecule has 1 saturated carbocycles. The summed E-state index contributed by atoms with van der Waals surface area (Å²) < 4.78 is 63.8. The van der Waals surface area contributed by atoms with Gasteiger partial charge in [-0.3, -0.25) is 4.90 Å². The number of fused-ring (bicyclic) bond motifs is 3. The zero-order chi connectivity index (χ0) is 38.6. The number of piperidine rings is 3. The maximum Gasteiger partial charge on any atom is 0.387 e. The normalized spacial score (nSPS) is 20.1. The lowest BCUT2D eigenvalue weighted by atomic mass is 9.86. The zero-order valence-corrected chi connectivity index (χ0v) is 31.0. The average Bonchev–Trinajstić information content (AvgIpc) is 3.99. The number of pyridine rings is 1. The molecule has 3 atom stereocenters. The van der Waals surface area contributed by atoms with Crippen LogP contribution in [0.15, 0.2) is 79.1 Å². The van der Waals surface area contributed by atoms with Gasteiger partial charge in [0, 0.05) is 24.2 Å². The molecule has 1 aromatic heterocycles. The largest absolute Gasteiger partial charge is 0.619 e. The van der Waals surface area contributed by atoms with Crippen LogP contribution in [0.1, 0.15) is 64.9 Å². The van der Waals surface area contributed by atoms with Crippen LogP contribution in [0.4, 0.5) is 18.9 Å². The van der Waals surface area contributed by atoms with Crippen molar-refractivity contribution in [3.8, 4) is 11.5 Å². The van der Waals surface area contributed by atoms with E-state index in [1.54, 1.807) is 18.2 Å². The van der Waals surface area contributed by atoms with E-state index in [0.717, 1.165) is 51.2 Å². The highest BCUT2D eigenvalue weighted by atomic mass is 35.5. The number of hydrogen-bond acceptors (Lipinski definition) is 9. The average molecular weight is 801 g/mol. The topological polar surface area (TPSA) is 113 Å². The number of esters is 2. The molecule has 0 amide bonds. The Bertz CT molecular complexity index is 1990. The number of anilines is 1. The lowest BCUT2D eigenvalue weighted by molar-refractivity contribution is -0.605. The molecule has 0 radical (unpaired) electrons. The summed E-state index contributed by atoms with van der Waals surface area (Å²) in [6, 6.07) is 15.1. The number of carbonyl (C=O) groups excluding carboxylic acids is 2. The van der Waals surface area contributed by atoms with Gasteiger partial charge in [-0.15, -0.1) is 0 Å². The first kappa shape index (κ1) is 38.6. The van der Waals surface area contributed by atoms with Gasteiger partial charge in [-0.1, -0.05) is 41.4 Å². The minimum Gasteiger partial charge on any atom is -0.619 e. The Morgan fingerprint density at radius 3 is 2.29 bits per heavy atom. The number of halogens is 5. The maximum absolute atomic E-state index is 14.3. The van der Waals surface area contributed by atoms with Crippen molar-refractivity contribution in [2.45, 2.75) is 57.0 Å². The predicted molar refractivity (Wildman–Crippen MR) is 197 cm³/mol. The number of nitrogens with one attached hydrogen (secondary N) is 1. The number of alkyl halides is 2. The third kappa shape index (κ3) is 9.75. The van der Waals surface area contributed by atoms with E-state index in [2.05, 4.69) is 15.0 Å². The van der Waals surface area contributed by atoms with Crippen molar-refractivity contribution in [1.82, 2.24) is 4.90 Å². The minimum atomic E-state index is -3.10. The van der Waals surface area contributed by atoms with Gasteiger partial charge in [-0.2, -0.15) is 13.5 Å². The highest BCUT2D eigenvalue weighted by molar-refractivity contribution is 6.35. The van der Waals surface area contributed by atoms with Crippen LogP contribution in [0.3, 0.4) is 0 Å².